The van der Waals surface area contributed by atoms with Crippen molar-refractivity contribution in [3.05, 3.63) is 69.5 Å². The van der Waals surface area contributed by atoms with Gasteiger partial charge in [0.2, 0.25) is 11.8 Å². The van der Waals surface area contributed by atoms with Crippen LogP contribution in [0, 0.1) is 34.7 Å². The van der Waals surface area contributed by atoms with Crippen LogP contribution in [0.4, 0.5) is 15.8 Å². The highest BCUT2D eigenvalue weighted by molar-refractivity contribution is 6.24. The fraction of sp³-hybridized carbons (Fsp3) is 0.348. The van der Waals surface area contributed by atoms with E-state index >= 15 is 0 Å². The third-order valence-electron chi connectivity index (χ3n) is 6.88. The van der Waals surface area contributed by atoms with Gasteiger partial charge in [-0.1, -0.05) is 0 Å². The molecule has 0 saturated carbocycles. The maximum atomic E-state index is 13.5. The van der Waals surface area contributed by atoms with Crippen molar-refractivity contribution < 1.29 is 23.7 Å². The van der Waals surface area contributed by atoms with Gasteiger partial charge < -0.3 is 0 Å². The van der Waals surface area contributed by atoms with Crippen molar-refractivity contribution in [3.8, 4) is 0 Å². The molecule has 3 heterocycles. The van der Waals surface area contributed by atoms with Crippen LogP contribution in [-0.4, -0.2) is 46.0 Å². The molecule has 0 N–H and O–H groups in total. The van der Waals surface area contributed by atoms with E-state index in [0.29, 0.717) is 29.8 Å². The number of hydrogen-bond acceptors (Lipinski definition) is 6. The summed E-state index contributed by atoms with van der Waals surface area (Å²) in [5, 5.41) is 11.1. The van der Waals surface area contributed by atoms with Gasteiger partial charge in [0.05, 0.1) is 28.5 Å². The van der Waals surface area contributed by atoms with Gasteiger partial charge in [0.15, 0.2) is 5.78 Å². The first-order valence-electron chi connectivity index (χ1n) is 10.5. The van der Waals surface area contributed by atoms with Crippen LogP contribution in [0.2, 0.25) is 0 Å². The topological polar surface area (TPSA) is 101 Å². The number of nitro groups is 1. The summed E-state index contributed by atoms with van der Waals surface area (Å²) in [4.78, 5) is 54.0. The van der Waals surface area contributed by atoms with Crippen LogP contribution in [0.5, 0.6) is 0 Å². The Hall–Kier alpha value is -3.46. The van der Waals surface area contributed by atoms with Gasteiger partial charge in [0.1, 0.15) is 5.82 Å². The minimum atomic E-state index is -0.833. The molecule has 2 amide bonds. The second kappa shape index (κ2) is 7.30. The number of imide groups is 1. The van der Waals surface area contributed by atoms with Crippen molar-refractivity contribution in [1.82, 2.24) is 4.90 Å². The molecule has 3 fully saturated rings. The van der Waals surface area contributed by atoms with Crippen LogP contribution in [0.1, 0.15) is 28.8 Å². The van der Waals surface area contributed by atoms with Crippen LogP contribution in [0.15, 0.2) is 42.5 Å². The first-order chi connectivity index (χ1) is 15.3. The van der Waals surface area contributed by atoms with Gasteiger partial charge in [-0.15, -0.1) is 0 Å². The van der Waals surface area contributed by atoms with Gasteiger partial charge in [-0.25, -0.2) is 9.29 Å². The molecular formula is C23H20FN3O5. The van der Waals surface area contributed by atoms with Gasteiger partial charge in [0.25, 0.3) is 5.69 Å². The van der Waals surface area contributed by atoms with Crippen molar-refractivity contribution >= 4 is 29.0 Å². The summed E-state index contributed by atoms with van der Waals surface area (Å²) in [6.07, 6.45) is 1.53. The Morgan fingerprint density at radius 2 is 1.78 bits per heavy atom. The van der Waals surface area contributed by atoms with Crippen molar-refractivity contribution in [2.24, 2.45) is 11.8 Å². The summed E-state index contributed by atoms with van der Waals surface area (Å²) in [5.41, 5.74) is 0.910. The minimum absolute atomic E-state index is 0.128. The number of rotatable bonds is 4. The molecule has 0 radical (unpaired) electrons. The highest BCUT2D eigenvalue weighted by atomic mass is 19.1. The fourth-order valence-electron chi connectivity index (χ4n) is 5.54. The number of anilines is 1. The second-order valence-electron chi connectivity index (χ2n) is 8.55. The maximum Gasteiger partial charge on any atom is 0.269 e. The van der Waals surface area contributed by atoms with Crippen molar-refractivity contribution in [2.75, 3.05) is 11.4 Å². The number of benzene rings is 2. The molecule has 5 rings (SSSR count). The summed E-state index contributed by atoms with van der Waals surface area (Å²) >= 11 is 0. The molecule has 164 valence electrons. The van der Waals surface area contributed by atoms with Gasteiger partial charge >= 0.3 is 0 Å². The monoisotopic (exact) mass is 437 g/mol. The molecule has 3 aliphatic heterocycles. The lowest BCUT2D eigenvalue weighted by atomic mass is 9.85. The van der Waals surface area contributed by atoms with E-state index in [0.717, 1.165) is 11.3 Å². The Balaban J connectivity index is 1.54. The quantitative estimate of drug-likeness (QED) is 0.316. The number of fused-ring (bicyclic) bond motifs is 3. The van der Waals surface area contributed by atoms with Crippen LogP contribution in [0.25, 0.3) is 0 Å². The van der Waals surface area contributed by atoms with E-state index in [-0.39, 0.29) is 23.4 Å². The fourth-order valence-corrected chi connectivity index (χ4v) is 5.54. The number of hydrogen-bond donors (Lipinski definition) is 0. The summed E-state index contributed by atoms with van der Waals surface area (Å²) in [5.74, 6) is -3.08. The smallest absolute Gasteiger partial charge is 0.269 e. The van der Waals surface area contributed by atoms with Crippen LogP contribution < -0.4 is 4.90 Å². The molecule has 32 heavy (non-hydrogen) atoms. The second-order valence-corrected chi connectivity index (χ2v) is 8.55. The lowest BCUT2D eigenvalue weighted by molar-refractivity contribution is -0.384. The molecule has 2 aromatic carbocycles. The maximum absolute atomic E-state index is 13.5. The molecule has 0 unspecified atom stereocenters. The Morgan fingerprint density at radius 1 is 1.09 bits per heavy atom. The van der Waals surface area contributed by atoms with E-state index in [1.54, 1.807) is 6.92 Å². The van der Waals surface area contributed by atoms with Gasteiger partial charge in [-0.2, -0.15) is 0 Å². The lowest BCUT2D eigenvalue weighted by Gasteiger charge is -2.28. The molecular weight excluding hydrogens is 417 g/mol. The Kier molecular flexibility index (Phi) is 4.67. The third-order valence-corrected chi connectivity index (χ3v) is 6.88. The van der Waals surface area contributed by atoms with E-state index < -0.39 is 34.5 Å². The first-order valence-corrected chi connectivity index (χ1v) is 10.5. The summed E-state index contributed by atoms with van der Waals surface area (Å²) in [6.45, 7) is 2.23. The Bertz CT molecular complexity index is 1160. The van der Waals surface area contributed by atoms with E-state index in [9.17, 15) is 28.9 Å². The molecule has 0 aliphatic carbocycles. The Labute approximate surface area is 182 Å². The van der Waals surface area contributed by atoms with Gasteiger partial charge in [-0.3, -0.25) is 29.4 Å². The Morgan fingerprint density at radius 3 is 2.44 bits per heavy atom. The molecule has 0 aromatic heterocycles. The number of carbonyl (C=O) groups excluding carboxylic acids is 3. The number of carbonyl (C=O) groups is 3. The van der Waals surface area contributed by atoms with E-state index in [2.05, 4.69) is 0 Å². The molecule has 9 heteroatoms. The zero-order chi connectivity index (χ0) is 22.7. The number of nitrogens with zero attached hydrogens (tertiary/aromatic N) is 3. The standard InChI is InChI=1S/C23H20FN3O5/c1-12-11-15(27(31)32)8-9-16(12)26-22(29)18-17-3-2-10-25(17)20(19(18)23(26)30)21(28)13-4-6-14(24)7-5-13/h4-9,11,17-20H,2-3,10H2,1H3/t17-,18-,19-,20+/m0/s1. The number of halogens is 1. The number of aryl methyl sites for hydroxylation is 1. The zero-order valence-electron chi connectivity index (χ0n) is 17.2. The molecule has 3 saturated heterocycles. The summed E-state index contributed by atoms with van der Waals surface area (Å²) in [7, 11) is 0. The lowest BCUT2D eigenvalue weighted by Crippen LogP contribution is -2.46. The normalized spacial score (nSPS) is 27.0. The number of ketones is 1. The number of non-ortho nitro benzene ring substituents is 1. The predicted molar refractivity (Wildman–Crippen MR) is 112 cm³/mol. The molecule has 2 aromatic rings. The molecule has 3 aliphatic rings. The molecule has 4 atom stereocenters. The number of amides is 2. The van der Waals surface area contributed by atoms with Crippen molar-refractivity contribution in [3.63, 3.8) is 0 Å². The highest BCUT2D eigenvalue weighted by Crippen LogP contribution is 2.49. The van der Waals surface area contributed by atoms with Crippen LogP contribution in [0.3, 0.4) is 0 Å². The van der Waals surface area contributed by atoms with Crippen molar-refractivity contribution in [2.45, 2.75) is 31.8 Å². The summed E-state index contributed by atoms with van der Waals surface area (Å²) in [6, 6.07) is 8.20. The molecule has 0 bridgehead atoms. The average Bonchev–Trinajstić information content (AvgIpc) is 3.40. The van der Waals surface area contributed by atoms with E-state index in [1.165, 1.54) is 42.5 Å². The number of nitro benzene ring substituents is 1. The van der Waals surface area contributed by atoms with E-state index in [1.807, 2.05) is 4.90 Å². The molecule has 0 spiro atoms. The SMILES string of the molecule is Cc1cc([N+](=O)[O-])ccc1N1C(=O)[C@@H]2[C@H](C1=O)[C@H](C(=O)c1ccc(F)cc1)N1CCC[C@@H]21. The summed E-state index contributed by atoms with van der Waals surface area (Å²) < 4.78 is 13.4. The van der Waals surface area contributed by atoms with E-state index in [4.69, 9.17) is 0 Å². The zero-order valence-corrected chi connectivity index (χ0v) is 17.2. The predicted octanol–water partition coefficient (Wildman–Crippen LogP) is 2.88. The van der Waals surface area contributed by atoms with Gasteiger partial charge in [0, 0.05) is 23.7 Å². The highest BCUT2D eigenvalue weighted by Gasteiger charge is 2.64. The number of Topliss-reactive ketones (excluding diaryl/α,β-unsaturated/α-hetero) is 1. The average molecular weight is 437 g/mol. The van der Waals surface area contributed by atoms with Gasteiger partial charge in [-0.05, 0) is 62.2 Å². The van der Waals surface area contributed by atoms with Crippen LogP contribution >= 0.6 is 0 Å². The third kappa shape index (κ3) is 2.88. The van der Waals surface area contributed by atoms with Crippen molar-refractivity contribution in [1.29, 1.82) is 0 Å². The minimum Gasteiger partial charge on any atom is -0.292 e. The molecule has 8 nitrogen and oxygen atoms in total. The largest absolute Gasteiger partial charge is 0.292 e. The van der Waals surface area contributed by atoms with Crippen LogP contribution in [-0.2, 0) is 9.59 Å². The first kappa shape index (κ1) is 20.4.